The monoisotopic (exact) mass is 169 g/mol. The van der Waals surface area contributed by atoms with E-state index in [1.165, 1.54) is 0 Å². The standard InChI is InChI=1S/C7H9F4/c8-6(9)4-5-2-1-3-7(5,10)11/h5H,1-4H2. The first kappa shape index (κ1) is 8.81. The molecule has 0 aromatic rings. The molecular formula is C7H9F4. The topological polar surface area (TPSA) is 0 Å². The lowest BCUT2D eigenvalue weighted by atomic mass is 10.0. The largest absolute Gasteiger partial charge is 0.310 e. The lowest BCUT2D eigenvalue weighted by Crippen LogP contribution is -2.22. The van der Waals surface area contributed by atoms with Crippen LogP contribution in [0.5, 0.6) is 0 Å². The molecular weight excluding hydrogens is 160 g/mol. The Morgan fingerprint density at radius 2 is 2.00 bits per heavy atom. The van der Waals surface area contributed by atoms with Crippen molar-refractivity contribution >= 4 is 0 Å². The molecule has 0 amide bonds. The van der Waals surface area contributed by atoms with Crippen LogP contribution in [0.4, 0.5) is 17.6 Å². The SMILES string of the molecule is F[C](F)CC1CCCC1(F)F. The van der Waals surface area contributed by atoms with E-state index in [4.69, 9.17) is 0 Å². The third kappa shape index (κ3) is 2.07. The van der Waals surface area contributed by atoms with E-state index in [0.717, 1.165) is 0 Å². The normalized spacial score (nSPS) is 29.7. The van der Waals surface area contributed by atoms with Crippen molar-refractivity contribution in [2.45, 2.75) is 31.6 Å². The Morgan fingerprint density at radius 1 is 1.36 bits per heavy atom. The summed E-state index contributed by atoms with van der Waals surface area (Å²) in [5.41, 5.74) is 0. The minimum absolute atomic E-state index is 0.227. The lowest BCUT2D eigenvalue weighted by molar-refractivity contribution is -0.0449. The van der Waals surface area contributed by atoms with Gasteiger partial charge >= 0.3 is 6.43 Å². The van der Waals surface area contributed by atoms with Gasteiger partial charge in [0.05, 0.1) is 0 Å². The van der Waals surface area contributed by atoms with E-state index in [1.54, 1.807) is 0 Å². The van der Waals surface area contributed by atoms with Gasteiger partial charge in [-0.05, 0) is 12.8 Å². The molecule has 0 bridgehead atoms. The van der Waals surface area contributed by atoms with Crippen molar-refractivity contribution in [2.75, 3.05) is 0 Å². The molecule has 1 saturated carbocycles. The second kappa shape index (κ2) is 2.99. The molecule has 11 heavy (non-hydrogen) atoms. The minimum Gasteiger partial charge on any atom is -0.207 e. The highest BCUT2D eigenvalue weighted by molar-refractivity contribution is 4.87. The molecule has 1 aliphatic carbocycles. The van der Waals surface area contributed by atoms with Crippen LogP contribution >= 0.6 is 0 Å². The Bertz CT molecular complexity index is 132. The molecule has 0 aliphatic heterocycles. The van der Waals surface area contributed by atoms with Gasteiger partial charge in [-0.2, -0.15) is 8.78 Å². The van der Waals surface area contributed by atoms with E-state index in [-0.39, 0.29) is 12.8 Å². The van der Waals surface area contributed by atoms with E-state index < -0.39 is 24.7 Å². The van der Waals surface area contributed by atoms with Crippen molar-refractivity contribution in [1.29, 1.82) is 0 Å². The van der Waals surface area contributed by atoms with Crippen LogP contribution in [0, 0.1) is 12.3 Å². The van der Waals surface area contributed by atoms with Gasteiger partial charge in [-0.25, -0.2) is 8.78 Å². The molecule has 1 atom stereocenters. The summed E-state index contributed by atoms with van der Waals surface area (Å²) in [5.74, 6) is -3.98. The Hall–Kier alpha value is -0.280. The predicted molar refractivity (Wildman–Crippen MR) is 32.4 cm³/mol. The smallest absolute Gasteiger partial charge is 0.207 e. The maximum Gasteiger partial charge on any atom is 0.310 e. The quantitative estimate of drug-likeness (QED) is 0.556. The summed E-state index contributed by atoms with van der Waals surface area (Å²) >= 11 is 0. The van der Waals surface area contributed by atoms with Gasteiger partial charge in [0.2, 0.25) is 0 Å². The molecule has 1 unspecified atom stereocenters. The first-order valence-corrected chi connectivity index (χ1v) is 3.57. The van der Waals surface area contributed by atoms with Gasteiger partial charge in [0, 0.05) is 18.8 Å². The van der Waals surface area contributed by atoms with Crippen molar-refractivity contribution < 1.29 is 17.6 Å². The van der Waals surface area contributed by atoms with E-state index in [2.05, 4.69) is 0 Å². The van der Waals surface area contributed by atoms with Crippen molar-refractivity contribution in [3.05, 3.63) is 6.43 Å². The van der Waals surface area contributed by atoms with Crippen LogP contribution in [0.15, 0.2) is 0 Å². The second-order valence-electron chi connectivity index (χ2n) is 2.89. The summed E-state index contributed by atoms with van der Waals surface area (Å²) < 4.78 is 48.5. The fourth-order valence-electron chi connectivity index (χ4n) is 1.44. The van der Waals surface area contributed by atoms with Crippen molar-refractivity contribution in [3.63, 3.8) is 0 Å². The maximum absolute atomic E-state index is 12.6. The van der Waals surface area contributed by atoms with Crippen LogP contribution in [0.3, 0.4) is 0 Å². The zero-order valence-corrected chi connectivity index (χ0v) is 5.92. The Balaban J connectivity index is 2.45. The summed E-state index contributed by atoms with van der Waals surface area (Å²) in [6.45, 7) is 0. The molecule has 1 fully saturated rings. The highest BCUT2D eigenvalue weighted by Crippen LogP contribution is 2.44. The maximum atomic E-state index is 12.6. The molecule has 0 aromatic heterocycles. The lowest BCUT2D eigenvalue weighted by Gasteiger charge is -2.17. The molecule has 65 valence electrons. The average Bonchev–Trinajstić information content (AvgIpc) is 2.10. The Labute approximate surface area is 62.6 Å². The van der Waals surface area contributed by atoms with Crippen LogP contribution in [0.1, 0.15) is 25.7 Å². The van der Waals surface area contributed by atoms with E-state index in [9.17, 15) is 17.6 Å². The minimum atomic E-state index is -2.86. The highest BCUT2D eigenvalue weighted by Gasteiger charge is 2.44. The van der Waals surface area contributed by atoms with Gasteiger partial charge in [0.25, 0.3) is 5.92 Å². The van der Waals surface area contributed by atoms with E-state index in [0.29, 0.717) is 6.42 Å². The van der Waals surface area contributed by atoms with Gasteiger partial charge in [0.15, 0.2) is 0 Å². The molecule has 0 spiro atoms. The van der Waals surface area contributed by atoms with Crippen LogP contribution in [-0.4, -0.2) is 5.92 Å². The molecule has 0 N–H and O–H groups in total. The van der Waals surface area contributed by atoms with Crippen molar-refractivity contribution in [1.82, 2.24) is 0 Å². The van der Waals surface area contributed by atoms with E-state index in [1.807, 2.05) is 0 Å². The van der Waals surface area contributed by atoms with Crippen molar-refractivity contribution in [2.24, 2.45) is 5.92 Å². The second-order valence-corrected chi connectivity index (χ2v) is 2.89. The molecule has 1 rings (SSSR count). The average molecular weight is 169 g/mol. The Kier molecular flexibility index (Phi) is 2.40. The van der Waals surface area contributed by atoms with Crippen LogP contribution < -0.4 is 0 Å². The number of rotatable bonds is 2. The van der Waals surface area contributed by atoms with E-state index >= 15 is 0 Å². The molecule has 1 radical (unpaired) electrons. The first-order valence-electron chi connectivity index (χ1n) is 3.57. The zero-order valence-electron chi connectivity index (χ0n) is 5.92. The highest BCUT2D eigenvalue weighted by atomic mass is 19.3. The molecule has 0 saturated heterocycles. The first-order chi connectivity index (χ1) is 5.02. The van der Waals surface area contributed by atoms with Crippen molar-refractivity contribution in [3.8, 4) is 0 Å². The number of hydrogen-bond acceptors (Lipinski definition) is 0. The van der Waals surface area contributed by atoms with Gasteiger partial charge in [-0.15, -0.1) is 0 Å². The van der Waals surface area contributed by atoms with Crippen LogP contribution in [-0.2, 0) is 0 Å². The van der Waals surface area contributed by atoms with Gasteiger partial charge < -0.3 is 0 Å². The number of hydrogen-bond donors (Lipinski definition) is 0. The summed E-state index contributed by atoms with van der Waals surface area (Å²) in [6.07, 6.45) is -2.25. The fourth-order valence-corrected chi connectivity index (χ4v) is 1.44. The van der Waals surface area contributed by atoms with Gasteiger partial charge in [-0.1, -0.05) is 0 Å². The fraction of sp³-hybridized carbons (Fsp3) is 0.857. The summed E-state index contributed by atoms with van der Waals surface area (Å²) in [4.78, 5) is 0. The Morgan fingerprint density at radius 3 is 2.36 bits per heavy atom. The molecule has 0 heterocycles. The predicted octanol–water partition coefficient (Wildman–Crippen LogP) is 3.24. The van der Waals surface area contributed by atoms with Crippen LogP contribution in [0.25, 0.3) is 0 Å². The molecule has 1 aliphatic rings. The zero-order chi connectivity index (χ0) is 8.48. The molecule has 0 aromatic carbocycles. The number of alkyl halides is 2. The summed E-state index contributed by atoms with van der Waals surface area (Å²) in [7, 11) is 0. The van der Waals surface area contributed by atoms with Gasteiger partial charge in [-0.3, -0.25) is 0 Å². The van der Waals surface area contributed by atoms with Gasteiger partial charge in [0.1, 0.15) is 0 Å². The number of halogens is 4. The summed E-state index contributed by atoms with van der Waals surface area (Å²) in [5, 5.41) is 0. The molecule has 4 heteroatoms. The van der Waals surface area contributed by atoms with Crippen LogP contribution in [0.2, 0.25) is 0 Å². The summed E-state index contributed by atoms with van der Waals surface area (Å²) in [6, 6.07) is 0. The third-order valence-corrected chi connectivity index (χ3v) is 2.06. The third-order valence-electron chi connectivity index (χ3n) is 2.06. The molecule has 0 nitrogen and oxygen atoms in total.